The van der Waals surface area contributed by atoms with E-state index in [-0.39, 0.29) is 5.91 Å². The second-order valence-corrected chi connectivity index (χ2v) is 7.86. The average Bonchev–Trinajstić information content (AvgIpc) is 2.62. The number of nitrogens with zero attached hydrogens (tertiary/aromatic N) is 2. The minimum atomic E-state index is 0.207. The Kier molecular flexibility index (Phi) is 6.49. The van der Waals surface area contributed by atoms with Crippen molar-refractivity contribution in [2.24, 2.45) is 0 Å². The van der Waals surface area contributed by atoms with Gasteiger partial charge in [-0.25, -0.2) is 0 Å². The van der Waals surface area contributed by atoms with Gasteiger partial charge in [-0.1, -0.05) is 24.3 Å². The van der Waals surface area contributed by atoms with E-state index < -0.39 is 0 Å². The molecule has 0 saturated carbocycles. The first-order valence-electron chi connectivity index (χ1n) is 9.88. The molecule has 2 heterocycles. The number of amides is 1. The van der Waals surface area contributed by atoms with Crippen molar-refractivity contribution in [3.8, 4) is 0 Å². The first-order chi connectivity index (χ1) is 12.1. The fraction of sp³-hybridized carbons (Fsp3) is 0.667. The molecule has 2 aliphatic heterocycles. The smallest absolute Gasteiger partial charge is 0.220 e. The number of aryl methyl sites for hydroxylation is 2. The van der Waals surface area contributed by atoms with Gasteiger partial charge >= 0.3 is 0 Å². The molecule has 0 bridgehead atoms. The summed E-state index contributed by atoms with van der Waals surface area (Å²) in [5.74, 6) is 0.207. The number of piperidine rings is 2. The van der Waals surface area contributed by atoms with Crippen molar-refractivity contribution in [1.82, 2.24) is 15.1 Å². The van der Waals surface area contributed by atoms with Crippen LogP contribution in [-0.2, 0) is 11.2 Å². The minimum absolute atomic E-state index is 0.207. The summed E-state index contributed by atoms with van der Waals surface area (Å²) in [6.07, 6.45) is 6.29. The van der Waals surface area contributed by atoms with Gasteiger partial charge < -0.3 is 10.2 Å². The average molecular weight is 344 g/mol. The van der Waals surface area contributed by atoms with Gasteiger partial charge in [0.05, 0.1) is 0 Å². The lowest BCUT2D eigenvalue weighted by atomic mass is 9.98. The Morgan fingerprint density at radius 2 is 1.92 bits per heavy atom. The van der Waals surface area contributed by atoms with Crippen LogP contribution in [0.15, 0.2) is 24.3 Å². The minimum Gasteiger partial charge on any atom is -0.352 e. The molecule has 2 saturated heterocycles. The van der Waals surface area contributed by atoms with Crippen LogP contribution in [0.5, 0.6) is 0 Å². The third-order valence-electron chi connectivity index (χ3n) is 5.91. The normalized spacial score (nSPS) is 23.5. The monoisotopic (exact) mass is 343 g/mol. The van der Waals surface area contributed by atoms with Crippen molar-refractivity contribution in [3.05, 3.63) is 35.4 Å². The van der Waals surface area contributed by atoms with Gasteiger partial charge in [0.25, 0.3) is 0 Å². The van der Waals surface area contributed by atoms with E-state index in [0.29, 0.717) is 18.5 Å². The van der Waals surface area contributed by atoms with E-state index in [0.717, 1.165) is 19.4 Å². The molecule has 4 nitrogen and oxygen atoms in total. The zero-order valence-electron chi connectivity index (χ0n) is 15.8. The van der Waals surface area contributed by atoms with E-state index in [4.69, 9.17) is 0 Å². The van der Waals surface area contributed by atoms with E-state index in [1.165, 1.54) is 50.0 Å². The van der Waals surface area contributed by atoms with Gasteiger partial charge in [-0.15, -0.1) is 0 Å². The van der Waals surface area contributed by atoms with Crippen LogP contribution < -0.4 is 5.32 Å². The van der Waals surface area contributed by atoms with E-state index >= 15 is 0 Å². The van der Waals surface area contributed by atoms with Crippen molar-refractivity contribution in [1.29, 1.82) is 0 Å². The van der Waals surface area contributed by atoms with E-state index in [1.54, 1.807) is 0 Å². The Labute approximate surface area is 152 Å². The number of carbonyl (C=O) groups excluding carboxylic acids is 1. The van der Waals surface area contributed by atoms with Crippen LogP contribution in [-0.4, -0.2) is 61.0 Å². The van der Waals surface area contributed by atoms with Gasteiger partial charge in [0.1, 0.15) is 0 Å². The number of hydrogen-bond donors (Lipinski definition) is 1. The Morgan fingerprint density at radius 1 is 1.16 bits per heavy atom. The highest BCUT2D eigenvalue weighted by atomic mass is 16.1. The van der Waals surface area contributed by atoms with Crippen molar-refractivity contribution in [3.63, 3.8) is 0 Å². The molecule has 1 atom stereocenters. The van der Waals surface area contributed by atoms with Crippen LogP contribution in [0.4, 0.5) is 0 Å². The molecule has 0 spiro atoms. The van der Waals surface area contributed by atoms with E-state index in [1.807, 2.05) is 0 Å². The summed E-state index contributed by atoms with van der Waals surface area (Å²) in [6, 6.07) is 9.40. The van der Waals surface area contributed by atoms with E-state index in [9.17, 15) is 4.79 Å². The highest BCUT2D eigenvalue weighted by molar-refractivity contribution is 5.76. The van der Waals surface area contributed by atoms with Gasteiger partial charge in [-0.3, -0.25) is 9.69 Å². The van der Waals surface area contributed by atoms with Crippen molar-refractivity contribution in [2.75, 3.05) is 33.2 Å². The topological polar surface area (TPSA) is 35.6 Å². The Morgan fingerprint density at radius 3 is 2.68 bits per heavy atom. The summed E-state index contributed by atoms with van der Waals surface area (Å²) < 4.78 is 0. The highest BCUT2D eigenvalue weighted by Crippen LogP contribution is 2.20. The summed E-state index contributed by atoms with van der Waals surface area (Å²) in [6.45, 7) is 6.76. The molecule has 0 radical (unpaired) electrons. The molecule has 1 N–H and O–H groups in total. The quantitative estimate of drug-likeness (QED) is 0.893. The van der Waals surface area contributed by atoms with Crippen molar-refractivity contribution < 1.29 is 4.79 Å². The maximum Gasteiger partial charge on any atom is 0.220 e. The summed E-state index contributed by atoms with van der Waals surface area (Å²) in [7, 11) is 2.21. The van der Waals surface area contributed by atoms with Crippen LogP contribution in [0.1, 0.15) is 43.2 Å². The number of nitrogens with one attached hydrogen (secondary N) is 1. The first kappa shape index (κ1) is 18.4. The number of carbonyl (C=O) groups is 1. The maximum absolute atomic E-state index is 12.4. The molecule has 25 heavy (non-hydrogen) atoms. The molecule has 1 aromatic carbocycles. The molecule has 4 heteroatoms. The Hall–Kier alpha value is -1.39. The second-order valence-electron chi connectivity index (χ2n) is 7.86. The van der Waals surface area contributed by atoms with Gasteiger partial charge in [0.15, 0.2) is 0 Å². The van der Waals surface area contributed by atoms with Crippen molar-refractivity contribution in [2.45, 2.75) is 57.5 Å². The molecule has 3 rings (SSSR count). The molecule has 1 unspecified atom stereocenters. The fourth-order valence-corrected chi connectivity index (χ4v) is 4.25. The lowest BCUT2D eigenvalue weighted by Crippen LogP contribution is -2.53. The van der Waals surface area contributed by atoms with Crippen molar-refractivity contribution >= 4 is 5.91 Å². The molecule has 2 aliphatic rings. The standard InChI is InChI=1S/C21H33N3O/c1-17-6-3-4-7-18(17)9-10-21(25)22-19-8-5-13-24(16-19)20-11-14-23(2)15-12-20/h3-4,6-7,19-20H,5,8-16H2,1-2H3,(H,22,25). The fourth-order valence-electron chi connectivity index (χ4n) is 4.25. The largest absolute Gasteiger partial charge is 0.352 e. The summed E-state index contributed by atoms with van der Waals surface area (Å²) in [5.41, 5.74) is 2.57. The Balaban J connectivity index is 1.44. The second kappa shape index (κ2) is 8.81. The number of likely N-dealkylation sites (tertiary alicyclic amines) is 2. The summed E-state index contributed by atoms with van der Waals surface area (Å²) in [5, 5.41) is 3.30. The third-order valence-corrected chi connectivity index (χ3v) is 5.91. The molecule has 0 aliphatic carbocycles. The van der Waals surface area contributed by atoms with Crippen LogP contribution in [0.3, 0.4) is 0 Å². The SMILES string of the molecule is Cc1ccccc1CCC(=O)NC1CCCN(C2CCN(C)CC2)C1. The van der Waals surface area contributed by atoms with Gasteiger partial charge in [0, 0.05) is 25.0 Å². The van der Waals surface area contributed by atoms with Crippen LogP contribution >= 0.6 is 0 Å². The number of rotatable bonds is 5. The third kappa shape index (κ3) is 5.29. The molecule has 2 fully saturated rings. The molecule has 1 aromatic rings. The summed E-state index contributed by atoms with van der Waals surface area (Å²) >= 11 is 0. The number of hydrogen-bond acceptors (Lipinski definition) is 3. The number of benzene rings is 1. The van der Waals surface area contributed by atoms with Gasteiger partial charge in [-0.2, -0.15) is 0 Å². The van der Waals surface area contributed by atoms with Crippen LogP contribution in [0.25, 0.3) is 0 Å². The molecule has 1 amide bonds. The lowest BCUT2D eigenvalue weighted by Gasteiger charge is -2.41. The molecule has 138 valence electrons. The molecular formula is C21H33N3O. The highest BCUT2D eigenvalue weighted by Gasteiger charge is 2.28. The predicted octanol–water partition coefficient (Wildman–Crippen LogP) is 2.60. The predicted molar refractivity (Wildman–Crippen MR) is 103 cm³/mol. The van der Waals surface area contributed by atoms with E-state index in [2.05, 4.69) is 53.4 Å². The van der Waals surface area contributed by atoms with Crippen LogP contribution in [0.2, 0.25) is 0 Å². The maximum atomic E-state index is 12.4. The lowest BCUT2D eigenvalue weighted by molar-refractivity contribution is -0.122. The first-order valence-corrected chi connectivity index (χ1v) is 9.88. The van der Waals surface area contributed by atoms with Gasteiger partial charge in [0.2, 0.25) is 5.91 Å². The Bertz CT molecular complexity index is 566. The molecular weight excluding hydrogens is 310 g/mol. The summed E-state index contributed by atoms with van der Waals surface area (Å²) in [4.78, 5) is 17.4. The van der Waals surface area contributed by atoms with Crippen LogP contribution in [0, 0.1) is 6.92 Å². The molecule has 0 aromatic heterocycles. The zero-order chi connectivity index (χ0) is 17.6. The van der Waals surface area contributed by atoms with Gasteiger partial charge in [-0.05, 0) is 76.8 Å². The zero-order valence-corrected chi connectivity index (χ0v) is 15.8.